The molecule has 7 heteroatoms. The Kier molecular flexibility index (Phi) is 5.90. The van der Waals surface area contributed by atoms with Crippen molar-refractivity contribution in [2.45, 2.75) is 43.6 Å². The molecule has 0 bridgehead atoms. The van der Waals surface area contributed by atoms with Crippen LogP contribution in [-0.2, 0) is 9.84 Å². The Labute approximate surface area is 189 Å². The van der Waals surface area contributed by atoms with E-state index in [0.717, 1.165) is 41.3 Å². The summed E-state index contributed by atoms with van der Waals surface area (Å²) in [6, 6.07) is 14.5. The Morgan fingerprint density at radius 3 is 2.38 bits per heavy atom. The maximum Gasteiger partial charge on any atom is 0.270 e. The van der Waals surface area contributed by atoms with Crippen LogP contribution >= 0.6 is 0 Å². The van der Waals surface area contributed by atoms with Crippen molar-refractivity contribution in [3.8, 4) is 11.1 Å². The number of rotatable bonds is 5. The van der Waals surface area contributed by atoms with Crippen molar-refractivity contribution < 1.29 is 18.3 Å². The van der Waals surface area contributed by atoms with Gasteiger partial charge in [0.1, 0.15) is 5.69 Å². The van der Waals surface area contributed by atoms with Gasteiger partial charge in [0, 0.05) is 35.8 Å². The summed E-state index contributed by atoms with van der Waals surface area (Å²) in [4.78, 5) is 18.9. The number of H-pyrrole nitrogens is 1. The van der Waals surface area contributed by atoms with E-state index >= 15 is 0 Å². The predicted octanol–water partition coefficient (Wildman–Crippen LogP) is 4.25. The highest BCUT2D eigenvalue weighted by molar-refractivity contribution is 7.90. The summed E-state index contributed by atoms with van der Waals surface area (Å²) in [6.45, 7) is 4.92. The molecule has 1 aromatic heterocycles. The summed E-state index contributed by atoms with van der Waals surface area (Å²) in [6.07, 6.45) is 3.63. The van der Waals surface area contributed by atoms with Crippen LogP contribution in [-0.4, -0.2) is 54.3 Å². The van der Waals surface area contributed by atoms with Gasteiger partial charge in [0.2, 0.25) is 0 Å². The fraction of sp³-hybridized carbons (Fsp3) is 0.400. The van der Waals surface area contributed by atoms with Gasteiger partial charge in [0.05, 0.1) is 10.5 Å². The summed E-state index contributed by atoms with van der Waals surface area (Å²) >= 11 is 0. The number of hydrogen-bond donors (Lipinski definition) is 2. The average molecular weight is 455 g/mol. The zero-order valence-electron chi connectivity index (χ0n) is 18.8. The minimum atomic E-state index is -3.38. The molecule has 1 aliphatic rings. The number of nitrogens with zero attached hydrogens (tertiary/aromatic N) is 1. The van der Waals surface area contributed by atoms with Crippen molar-refractivity contribution in [2.75, 3.05) is 19.3 Å². The van der Waals surface area contributed by atoms with Crippen LogP contribution in [0.5, 0.6) is 0 Å². The highest BCUT2D eigenvalue weighted by Gasteiger charge is 2.30. The predicted molar refractivity (Wildman–Crippen MR) is 126 cm³/mol. The smallest absolute Gasteiger partial charge is 0.270 e. The number of aromatic nitrogens is 1. The summed E-state index contributed by atoms with van der Waals surface area (Å²) in [5.41, 5.74) is 2.11. The second-order valence-corrected chi connectivity index (χ2v) is 11.5. The molecule has 4 rings (SSSR count). The number of aromatic amines is 1. The van der Waals surface area contributed by atoms with E-state index in [2.05, 4.69) is 4.98 Å². The molecule has 2 aromatic carbocycles. The zero-order valence-corrected chi connectivity index (χ0v) is 19.6. The zero-order chi connectivity index (χ0) is 23.1. The van der Waals surface area contributed by atoms with Gasteiger partial charge in [-0.25, -0.2) is 8.42 Å². The third-order valence-electron chi connectivity index (χ3n) is 6.16. The number of nitrogens with one attached hydrogen (secondary N) is 1. The molecule has 0 atom stereocenters. The maximum atomic E-state index is 13.6. The molecular weight excluding hydrogens is 424 g/mol. The lowest BCUT2D eigenvalue weighted by Crippen LogP contribution is -2.40. The lowest BCUT2D eigenvalue weighted by Gasteiger charge is -2.34. The number of amides is 1. The number of sulfone groups is 1. The number of fused-ring (bicyclic) bond motifs is 1. The van der Waals surface area contributed by atoms with Gasteiger partial charge < -0.3 is 15.0 Å². The standard InChI is InChI=1S/C25H30N2O4S/c1-25(2,29)16-17-11-13-27(14-12-17)24(28)23-22(18-7-5-4-6-8-18)20-15-19(32(3,30)31)9-10-21(20)26-23/h4-10,15,17,26,29H,11-14,16H2,1-3H3. The molecule has 1 aliphatic heterocycles. The fourth-order valence-corrected chi connectivity index (χ4v) is 5.32. The van der Waals surface area contributed by atoms with Crippen LogP contribution in [0, 0.1) is 5.92 Å². The summed E-state index contributed by atoms with van der Waals surface area (Å²) in [5.74, 6) is 0.315. The molecule has 1 amide bonds. The number of piperidine rings is 1. The Hall–Kier alpha value is -2.64. The highest BCUT2D eigenvalue weighted by atomic mass is 32.2. The van der Waals surface area contributed by atoms with Gasteiger partial charge in [-0.3, -0.25) is 4.79 Å². The summed E-state index contributed by atoms with van der Waals surface area (Å²) in [7, 11) is -3.38. The van der Waals surface area contributed by atoms with E-state index in [1.165, 1.54) is 6.26 Å². The Bertz CT molecular complexity index is 1230. The molecule has 0 unspecified atom stereocenters. The van der Waals surface area contributed by atoms with Gasteiger partial charge in [-0.15, -0.1) is 0 Å². The molecule has 1 saturated heterocycles. The van der Waals surface area contributed by atoms with Crippen LogP contribution < -0.4 is 0 Å². The number of likely N-dealkylation sites (tertiary alicyclic amines) is 1. The normalized spacial score (nSPS) is 15.9. The van der Waals surface area contributed by atoms with E-state index < -0.39 is 15.4 Å². The van der Waals surface area contributed by atoms with Crippen LogP contribution in [0.3, 0.4) is 0 Å². The van der Waals surface area contributed by atoms with Gasteiger partial charge >= 0.3 is 0 Å². The molecule has 0 aliphatic carbocycles. The molecule has 6 nitrogen and oxygen atoms in total. The second-order valence-electron chi connectivity index (χ2n) is 9.47. The fourth-order valence-electron chi connectivity index (χ4n) is 4.67. The molecule has 170 valence electrons. The van der Waals surface area contributed by atoms with E-state index in [4.69, 9.17) is 0 Å². The number of carbonyl (C=O) groups is 1. The second kappa shape index (κ2) is 8.37. The van der Waals surface area contributed by atoms with Gasteiger partial charge in [0.25, 0.3) is 5.91 Å². The first-order chi connectivity index (χ1) is 15.0. The molecule has 32 heavy (non-hydrogen) atoms. The molecule has 2 heterocycles. The monoisotopic (exact) mass is 454 g/mol. The average Bonchev–Trinajstić information content (AvgIpc) is 3.11. The molecule has 0 saturated carbocycles. The minimum absolute atomic E-state index is 0.0809. The molecule has 3 aromatic rings. The van der Waals surface area contributed by atoms with Crippen LogP contribution in [0.25, 0.3) is 22.0 Å². The topological polar surface area (TPSA) is 90.5 Å². The van der Waals surface area contributed by atoms with Crippen LogP contribution in [0.2, 0.25) is 0 Å². The molecule has 1 fully saturated rings. The van der Waals surface area contributed by atoms with Gasteiger partial charge in [-0.1, -0.05) is 30.3 Å². The van der Waals surface area contributed by atoms with E-state index in [0.29, 0.717) is 24.7 Å². The highest BCUT2D eigenvalue weighted by Crippen LogP contribution is 2.35. The molecule has 0 radical (unpaired) electrons. The summed E-state index contributed by atoms with van der Waals surface area (Å²) < 4.78 is 24.3. The van der Waals surface area contributed by atoms with E-state index in [9.17, 15) is 18.3 Å². The Morgan fingerprint density at radius 1 is 1.12 bits per heavy atom. The first kappa shape index (κ1) is 22.6. The van der Waals surface area contributed by atoms with Crippen molar-refractivity contribution >= 4 is 26.6 Å². The molecular formula is C25H30N2O4S. The van der Waals surface area contributed by atoms with Crippen molar-refractivity contribution in [3.05, 3.63) is 54.2 Å². The first-order valence-electron chi connectivity index (χ1n) is 11.0. The van der Waals surface area contributed by atoms with Crippen LogP contribution in [0.15, 0.2) is 53.4 Å². The van der Waals surface area contributed by atoms with Crippen molar-refractivity contribution in [1.82, 2.24) is 9.88 Å². The number of carbonyl (C=O) groups excluding carboxylic acids is 1. The SMILES string of the molecule is CC(C)(O)CC1CCN(C(=O)c2[nH]c3ccc(S(C)(=O)=O)cc3c2-c2ccccc2)CC1. The third-order valence-corrected chi connectivity index (χ3v) is 7.27. The van der Waals surface area contributed by atoms with Crippen molar-refractivity contribution in [1.29, 1.82) is 0 Å². The summed E-state index contributed by atoms with van der Waals surface area (Å²) in [5, 5.41) is 10.8. The van der Waals surface area contributed by atoms with Crippen molar-refractivity contribution in [3.63, 3.8) is 0 Å². The maximum absolute atomic E-state index is 13.6. The van der Waals surface area contributed by atoms with Crippen LogP contribution in [0.1, 0.15) is 43.6 Å². The van der Waals surface area contributed by atoms with Gasteiger partial charge in [-0.05, 0) is 62.8 Å². The van der Waals surface area contributed by atoms with Gasteiger partial charge in [-0.2, -0.15) is 0 Å². The third kappa shape index (κ3) is 4.74. The first-order valence-corrected chi connectivity index (χ1v) is 12.8. The van der Waals surface area contributed by atoms with Crippen LogP contribution in [0.4, 0.5) is 0 Å². The van der Waals surface area contributed by atoms with Gasteiger partial charge in [0.15, 0.2) is 9.84 Å². The number of aliphatic hydroxyl groups is 1. The number of benzene rings is 2. The van der Waals surface area contributed by atoms with E-state index in [1.54, 1.807) is 18.2 Å². The minimum Gasteiger partial charge on any atom is -0.390 e. The number of hydrogen-bond acceptors (Lipinski definition) is 4. The van der Waals surface area contributed by atoms with E-state index in [1.807, 2.05) is 49.1 Å². The Morgan fingerprint density at radius 2 is 1.78 bits per heavy atom. The van der Waals surface area contributed by atoms with E-state index in [-0.39, 0.29) is 10.8 Å². The molecule has 2 N–H and O–H groups in total. The van der Waals surface area contributed by atoms with Crippen molar-refractivity contribution in [2.24, 2.45) is 5.92 Å². The molecule has 0 spiro atoms. The lowest BCUT2D eigenvalue weighted by molar-refractivity contribution is 0.0357. The quantitative estimate of drug-likeness (QED) is 0.603. The lowest BCUT2D eigenvalue weighted by atomic mass is 9.86. The Balaban J connectivity index is 1.72. The largest absolute Gasteiger partial charge is 0.390 e.